The zero-order valence-corrected chi connectivity index (χ0v) is 16.1. The van der Waals surface area contributed by atoms with Crippen molar-refractivity contribution in [2.75, 3.05) is 19.0 Å². The molecule has 30 heavy (non-hydrogen) atoms. The molecule has 0 spiro atoms. The molecule has 8 nitrogen and oxygen atoms in total. The van der Waals surface area contributed by atoms with Gasteiger partial charge in [0, 0.05) is 5.69 Å². The second kappa shape index (κ2) is 9.80. The van der Waals surface area contributed by atoms with E-state index in [2.05, 4.69) is 16.1 Å². The number of benzene rings is 2. The lowest BCUT2D eigenvalue weighted by Gasteiger charge is -2.07. The van der Waals surface area contributed by atoms with E-state index in [1.54, 1.807) is 54.6 Å². The largest absolute Gasteiger partial charge is 0.484 e. The summed E-state index contributed by atoms with van der Waals surface area (Å²) in [4.78, 5) is 23.4. The first-order chi connectivity index (χ1) is 14.6. The Balaban J connectivity index is 1.54. The standard InChI is InChI=1S/C22H18N2O6/c1-27-21(25)14-28-17-8-6-16(7-9-17)24-22(26)20-11-10-18(30-20)13-29-19-5-3-2-4-15(19)12-23/h2-11H,13-14H2,1H3,(H,24,26). The molecule has 152 valence electrons. The molecule has 0 fully saturated rings. The molecule has 0 saturated carbocycles. The molecule has 0 aliphatic carbocycles. The van der Waals surface area contributed by atoms with Crippen LogP contribution < -0.4 is 14.8 Å². The number of furan rings is 1. The van der Waals surface area contributed by atoms with Crippen molar-refractivity contribution in [3.8, 4) is 17.6 Å². The molecule has 1 amide bonds. The van der Waals surface area contributed by atoms with Gasteiger partial charge in [0.2, 0.25) is 0 Å². The van der Waals surface area contributed by atoms with Gasteiger partial charge < -0.3 is 23.9 Å². The Morgan fingerprint density at radius 2 is 1.80 bits per heavy atom. The van der Waals surface area contributed by atoms with Crippen molar-refractivity contribution in [1.29, 1.82) is 5.26 Å². The van der Waals surface area contributed by atoms with Crippen LogP contribution >= 0.6 is 0 Å². The SMILES string of the molecule is COC(=O)COc1ccc(NC(=O)c2ccc(COc3ccccc3C#N)o2)cc1. The lowest BCUT2D eigenvalue weighted by Crippen LogP contribution is -2.13. The Bertz CT molecular complexity index is 1070. The third-order valence-corrected chi connectivity index (χ3v) is 3.96. The number of amides is 1. The normalized spacial score (nSPS) is 10.0. The summed E-state index contributed by atoms with van der Waals surface area (Å²) in [6.07, 6.45) is 0. The van der Waals surface area contributed by atoms with Gasteiger partial charge in [0.1, 0.15) is 29.9 Å². The maximum absolute atomic E-state index is 12.4. The van der Waals surface area contributed by atoms with Gasteiger partial charge in [-0.25, -0.2) is 4.79 Å². The number of para-hydroxylation sites is 1. The number of anilines is 1. The highest BCUT2D eigenvalue weighted by Gasteiger charge is 2.13. The number of nitrogens with one attached hydrogen (secondary N) is 1. The van der Waals surface area contributed by atoms with Gasteiger partial charge in [0.05, 0.1) is 12.7 Å². The average molecular weight is 406 g/mol. The van der Waals surface area contributed by atoms with Gasteiger partial charge >= 0.3 is 5.97 Å². The van der Waals surface area contributed by atoms with Gasteiger partial charge in [-0.15, -0.1) is 0 Å². The van der Waals surface area contributed by atoms with Crippen LogP contribution in [0.25, 0.3) is 0 Å². The summed E-state index contributed by atoms with van der Waals surface area (Å²) in [6, 6.07) is 18.6. The molecule has 2 aromatic carbocycles. The van der Waals surface area contributed by atoms with E-state index in [9.17, 15) is 9.59 Å². The molecular formula is C22H18N2O6. The number of methoxy groups -OCH3 is 1. The summed E-state index contributed by atoms with van der Waals surface area (Å²) in [7, 11) is 1.28. The van der Waals surface area contributed by atoms with E-state index in [-0.39, 0.29) is 19.0 Å². The van der Waals surface area contributed by atoms with Crippen LogP contribution in [0.2, 0.25) is 0 Å². The number of rotatable bonds is 8. The number of ether oxygens (including phenoxy) is 3. The van der Waals surface area contributed by atoms with Crippen molar-refractivity contribution >= 4 is 17.6 Å². The summed E-state index contributed by atoms with van der Waals surface area (Å²) >= 11 is 0. The first-order valence-corrected chi connectivity index (χ1v) is 8.90. The molecule has 0 aliphatic heterocycles. The number of nitriles is 1. The van der Waals surface area contributed by atoms with Gasteiger partial charge in [-0.2, -0.15) is 5.26 Å². The summed E-state index contributed by atoms with van der Waals surface area (Å²) in [5.41, 5.74) is 0.948. The first-order valence-electron chi connectivity index (χ1n) is 8.90. The van der Waals surface area contributed by atoms with Crippen LogP contribution in [0.3, 0.4) is 0 Å². The predicted octanol–water partition coefficient (Wildman–Crippen LogP) is 3.53. The van der Waals surface area contributed by atoms with Crippen LogP contribution in [0, 0.1) is 11.3 Å². The highest BCUT2D eigenvalue weighted by molar-refractivity contribution is 6.02. The molecule has 0 saturated heterocycles. The molecule has 0 bridgehead atoms. The predicted molar refractivity (Wildman–Crippen MR) is 106 cm³/mol. The monoisotopic (exact) mass is 406 g/mol. The van der Waals surface area contributed by atoms with Gasteiger partial charge in [0.15, 0.2) is 12.4 Å². The van der Waals surface area contributed by atoms with Crippen molar-refractivity contribution < 1.29 is 28.2 Å². The second-order valence-electron chi connectivity index (χ2n) is 6.01. The number of carbonyl (C=O) groups excluding carboxylic acids is 2. The third-order valence-electron chi connectivity index (χ3n) is 3.96. The van der Waals surface area contributed by atoms with Gasteiger partial charge in [-0.05, 0) is 48.5 Å². The fourth-order valence-electron chi connectivity index (χ4n) is 2.44. The van der Waals surface area contributed by atoms with Gasteiger partial charge in [-0.1, -0.05) is 12.1 Å². The average Bonchev–Trinajstić information content (AvgIpc) is 3.26. The molecule has 1 heterocycles. The Morgan fingerprint density at radius 3 is 2.53 bits per heavy atom. The van der Waals surface area contributed by atoms with Crippen LogP contribution in [0.15, 0.2) is 65.1 Å². The van der Waals surface area contributed by atoms with Crippen molar-refractivity contribution in [3.63, 3.8) is 0 Å². The van der Waals surface area contributed by atoms with E-state index in [0.29, 0.717) is 28.5 Å². The van der Waals surface area contributed by atoms with Crippen molar-refractivity contribution in [1.82, 2.24) is 0 Å². The highest BCUT2D eigenvalue weighted by atomic mass is 16.6. The maximum atomic E-state index is 12.4. The minimum atomic E-state index is -0.485. The molecule has 0 aliphatic rings. The number of hydrogen-bond acceptors (Lipinski definition) is 7. The van der Waals surface area contributed by atoms with E-state index < -0.39 is 11.9 Å². The lowest BCUT2D eigenvalue weighted by molar-refractivity contribution is -0.142. The Kier molecular flexibility index (Phi) is 6.69. The second-order valence-corrected chi connectivity index (χ2v) is 6.01. The molecule has 3 rings (SSSR count). The molecule has 1 N–H and O–H groups in total. The molecule has 0 unspecified atom stereocenters. The van der Waals surface area contributed by atoms with E-state index >= 15 is 0 Å². The van der Waals surface area contributed by atoms with E-state index in [4.69, 9.17) is 19.2 Å². The number of carbonyl (C=O) groups is 2. The smallest absolute Gasteiger partial charge is 0.343 e. The summed E-state index contributed by atoms with van der Waals surface area (Å²) < 4.78 is 20.9. The van der Waals surface area contributed by atoms with Crippen LogP contribution in [0.5, 0.6) is 11.5 Å². The first kappa shape index (κ1) is 20.5. The fourth-order valence-corrected chi connectivity index (χ4v) is 2.44. The fraction of sp³-hybridized carbons (Fsp3) is 0.136. The summed E-state index contributed by atoms with van der Waals surface area (Å²) in [6.45, 7) is -0.115. The van der Waals surface area contributed by atoms with Crippen molar-refractivity contribution in [2.45, 2.75) is 6.61 Å². The lowest BCUT2D eigenvalue weighted by atomic mass is 10.2. The van der Waals surface area contributed by atoms with Crippen LogP contribution in [-0.2, 0) is 16.1 Å². The van der Waals surface area contributed by atoms with Crippen molar-refractivity contribution in [3.05, 3.63) is 77.7 Å². The number of hydrogen-bond donors (Lipinski definition) is 1. The molecule has 0 atom stereocenters. The van der Waals surface area contributed by atoms with E-state index in [0.717, 1.165) is 0 Å². The maximum Gasteiger partial charge on any atom is 0.343 e. The van der Waals surface area contributed by atoms with Crippen molar-refractivity contribution in [2.24, 2.45) is 0 Å². The highest BCUT2D eigenvalue weighted by Crippen LogP contribution is 2.20. The molecule has 8 heteroatoms. The van der Waals surface area contributed by atoms with Crippen LogP contribution in [0.1, 0.15) is 21.9 Å². The van der Waals surface area contributed by atoms with Crippen LogP contribution in [0.4, 0.5) is 5.69 Å². The minimum Gasteiger partial charge on any atom is -0.484 e. The zero-order chi connectivity index (χ0) is 21.3. The topological polar surface area (TPSA) is 111 Å². The number of nitrogens with zero attached hydrogens (tertiary/aromatic N) is 1. The van der Waals surface area contributed by atoms with E-state index in [1.807, 2.05) is 0 Å². The molecule has 1 aromatic heterocycles. The van der Waals surface area contributed by atoms with E-state index in [1.165, 1.54) is 13.2 Å². The zero-order valence-electron chi connectivity index (χ0n) is 16.1. The Labute approximate surface area is 172 Å². The Morgan fingerprint density at radius 1 is 1.03 bits per heavy atom. The molecule has 0 radical (unpaired) electrons. The number of esters is 1. The summed E-state index contributed by atoms with van der Waals surface area (Å²) in [5.74, 6) is 0.557. The Hall–Kier alpha value is -4.25. The third kappa shape index (κ3) is 5.39. The molecular weight excluding hydrogens is 388 g/mol. The minimum absolute atomic E-state index is 0.0816. The van der Waals surface area contributed by atoms with Crippen LogP contribution in [-0.4, -0.2) is 25.6 Å². The summed E-state index contributed by atoms with van der Waals surface area (Å²) in [5, 5.41) is 11.8. The van der Waals surface area contributed by atoms with Gasteiger partial charge in [0.25, 0.3) is 5.91 Å². The van der Waals surface area contributed by atoms with Gasteiger partial charge in [-0.3, -0.25) is 4.79 Å². The molecule has 3 aromatic rings. The quantitative estimate of drug-likeness (QED) is 0.570.